The van der Waals surface area contributed by atoms with Crippen LogP contribution in [0.3, 0.4) is 0 Å². The minimum absolute atomic E-state index is 0.00145. The lowest BCUT2D eigenvalue weighted by atomic mass is 9.92. The number of allylic oxidation sites excluding steroid dienone is 2. The maximum Gasteiger partial charge on any atom is 0.420 e. The van der Waals surface area contributed by atoms with E-state index in [4.69, 9.17) is 4.42 Å². The molecule has 35 heavy (non-hydrogen) atoms. The van der Waals surface area contributed by atoms with Crippen LogP contribution < -0.4 is 10.5 Å². The van der Waals surface area contributed by atoms with Gasteiger partial charge in [0.25, 0.3) is 10.0 Å². The molecule has 11 heteroatoms. The molecule has 0 saturated heterocycles. The number of sulfonamides is 1. The normalized spacial score (nSPS) is 15.5. The van der Waals surface area contributed by atoms with E-state index in [-0.39, 0.29) is 16.2 Å². The number of fused-ring (bicyclic) bond motifs is 1. The van der Waals surface area contributed by atoms with Gasteiger partial charge in [-0.1, -0.05) is 36.8 Å². The minimum Gasteiger partial charge on any atom is -0.408 e. The number of anilines is 1. The second-order valence-electron chi connectivity index (χ2n) is 8.43. The maximum absolute atomic E-state index is 15.1. The summed E-state index contributed by atoms with van der Waals surface area (Å²) in [4.78, 5) is 16.0. The van der Waals surface area contributed by atoms with Crippen molar-refractivity contribution < 1.29 is 17.2 Å². The van der Waals surface area contributed by atoms with Gasteiger partial charge >= 0.3 is 5.76 Å². The van der Waals surface area contributed by atoms with Gasteiger partial charge in [-0.15, -0.1) is 0 Å². The van der Waals surface area contributed by atoms with E-state index in [0.717, 1.165) is 60.5 Å². The fourth-order valence-corrected chi connectivity index (χ4v) is 6.29. The molecular weight excluding hydrogens is 491 g/mol. The zero-order chi connectivity index (χ0) is 24.6. The first-order chi connectivity index (χ1) is 16.8. The second kappa shape index (κ2) is 9.38. The summed E-state index contributed by atoms with van der Waals surface area (Å²) in [6.45, 7) is 1.85. The third kappa shape index (κ3) is 4.53. The third-order valence-electron chi connectivity index (χ3n) is 6.22. The van der Waals surface area contributed by atoms with Gasteiger partial charge in [-0.05, 0) is 49.3 Å². The summed E-state index contributed by atoms with van der Waals surface area (Å²) >= 11 is 0.820. The lowest BCUT2D eigenvalue weighted by molar-refractivity contribution is 0.489. The first-order valence-electron chi connectivity index (χ1n) is 11.3. The van der Waals surface area contributed by atoms with Crippen molar-refractivity contribution >= 4 is 43.4 Å². The molecule has 0 bridgehead atoms. The molecule has 5 rings (SSSR count). The second-order valence-corrected chi connectivity index (χ2v) is 10.9. The smallest absolute Gasteiger partial charge is 0.408 e. The Morgan fingerprint density at radius 2 is 2.03 bits per heavy atom. The van der Waals surface area contributed by atoms with Crippen LogP contribution in [0.15, 0.2) is 62.9 Å². The zero-order valence-corrected chi connectivity index (χ0v) is 20.5. The molecule has 2 aromatic carbocycles. The van der Waals surface area contributed by atoms with Crippen molar-refractivity contribution in [3.05, 3.63) is 76.3 Å². The fourth-order valence-electron chi connectivity index (χ4n) is 4.55. The summed E-state index contributed by atoms with van der Waals surface area (Å²) in [6, 6.07) is 9.46. The number of halogens is 1. The van der Waals surface area contributed by atoms with E-state index in [2.05, 4.69) is 20.2 Å². The van der Waals surface area contributed by atoms with Crippen LogP contribution in [0.5, 0.6) is 0 Å². The molecule has 0 spiro atoms. The third-order valence-corrected chi connectivity index (χ3v) is 8.29. The molecule has 1 aliphatic carbocycles. The van der Waals surface area contributed by atoms with Crippen LogP contribution in [0, 0.1) is 5.82 Å². The van der Waals surface area contributed by atoms with Gasteiger partial charge in [0.2, 0.25) is 5.13 Å². The monoisotopic (exact) mass is 514 g/mol. The molecule has 1 aliphatic rings. The Morgan fingerprint density at radius 3 is 2.83 bits per heavy atom. The van der Waals surface area contributed by atoms with Gasteiger partial charge in [-0.3, -0.25) is 9.29 Å². The van der Waals surface area contributed by atoms with Crippen LogP contribution in [0.1, 0.15) is 56.2 Å². The Labute approximate surface area is 205 Å². The van der Waals surface area contributed by atoms with Crippen LogP contribution in [-0.2, 0) is 10.0 Å². The molecule has 4 aromatic rings. The molecule has 182 valence electrons. The first kappa shape index (κ1) is 23.4. The van der Waals surface area contributed by atoms with E-state index >= 15 is 4.39 Å². The fraction of sp³-hybridized carbons (Fsp3) is 0.292. The molecule has 0 fully saturated rings. The van der Waals surface area contributed by atoms with Gasteiger partial charge in [0.05, 0.1) is 11.6 Å². The first-order valence-corrected chi connectivity index (χ1v) is 13.5. The van der Waals surface area contributed by atoms with Crippen molar-refractivity contribution in [2.75, 3.05) is 4.72 Å². The highest BCUT2D eigenvalue weighted by atomic mass is 32.2. The van der Waals surface area contributed by atoms with E-state index in [1.54, 1.807) is 0 Å². The number of benzene rings is 2. The SMILES string of the molecule is C[C@H](c1ccccc1C1=CCCCCC1)n1c(=O)oc2cc(S(=O)(=O)Nc3ncns3)c(F)cc21. The van der Waals surface area contributed by atoms with Crippen molar-refractivity contribution in [2.24, 2.45) is 0 Å². The molecular formula is C24H23FN4O4S2. The Hall–Kier alpha value is -3.31. The number of nitrogens with zero attached hydrogens (tertiary/aromatic N) is 3. The van der Waals surface area contributed by atoms with Crippen molar-refractivity contribution in [1.82, 2.24) is 13.9 Å². The van der Waals surface area contributed by atoms with Crippen molar-refractivity contribution in [3.63, 3.8) is 0 Å². The van der Waals surface area contributed by atoms with Crippen LogP contribution in [0.4, 0.5) is 9.52 Å². The summed E-state index contributed by atoms with van der Waals surface area (Å²) in [6.07, 6.45) is 8.87. The topological polar surface area (TPSA) is 107 Å². The predicted octanol–water partition coefficient (Wildman–Crippen LogP) is 5.34. The quantitative estimate of drug-likeness (QED) is 0.372. The number of nitrogens with one attached hydrogen (secondary N) is 1. The van der Waals surface area contributed by atoms with Gasteiger partial charge in [0, 0.05) is 23.7 Å². The van der Waals surface area contributed by atoms with E-state index in [9.17, 15) is 13.2 Å². The lowest BCUT2D eigenvalue weighted by Crippen LogP contribution is -2.20. The Balaban J connectivity index is 1.58. The van der Waals surface area contributed by atoms with E-state index in [0.29, 0.717) is 0 Å². The average molecular weight is 515 g/mol. The number of oxazole rings is 1. The van der Waals surface area contributed by atoms with E-state index in [1.807, 2.05) is 31.2 Å². The Kier molecular flexibility index (Phi) is 6.28. The molecule has 8 nitrogen and oxygen atoms in total. The van der Waals surface area contributed by atoms with Gasteiger partial charge in [0.1, 0.15) is 17.0 Å². The van der Waals surface area contributed by atoms with Crippen LogP contribution in [0.25, 0.3) is 16.7 Å². The molecule has 0 unspecified atom stereocenters. The van der Waals surface area contributed by atoms with Crippen molar-refractivity contribution in [2.45, 2.75) is 50.0 Å². The van der Waals surface area contributed by atoms with Crippen LogP contribution >= 0.6 is 11.5 Å². The molecule has 1 N–H and O–H groups in total. The molecule has 0 amide bonds. The number of aromatic nitrogens is 3. The number of rotatable bonds is 6. The predicted molar refractivity (Wildman–Crippen MR) is 132 cm³/mol. The van der Waals surface area contributed by atoms with Gasteiger partial charge in [-0.25, -0.2) is 22.6 Å². The summed E-state index contributed by atoms with van der Waals surface area (Å²) in [5.74, 6) is -1.70. The van der Waals surface area contributed by atoms with Gasteiger partial charge < -0.3 is 4.42 Å². The molecule has 1 atom stereocenters. The summed E-state index contributed by atoms with van der Waals surface area (Å²) in [5.41, 5.74) is 3.38. The van der Waals surface area contributed by atoms with E-state index in [1.165, 1.54) is 22.9 Å². The standard InChI is InChI=1S/C24H23FN4O4S2/c1-15(17-10-6-7-11-18(17)16-8-4-2-3-5-9-16)29-20-12-19(25)22(13-21(20)33-24(29)30)35(31,32)28-23-26-14-27-34-23/h6-8,10-15H,2-5,9H2,1H3,(H,26,27,28)/t15-/m1/s1. The molecule has 0 saturated carbocycles. The van der Waals surface area contributed by atoms with Crippen LogP contribution in [0.2, 0.25) is 0 Å². The maximum atomic E-state index is 15.1. The van der Waals surface area contributed by atoms with Crippen molar-refractivity contribution in [3.8, 4) is 0 Å². The highest BCUT2D eigenvalue weighted by molar-refractivity contribution is 7.93. The molecule has 2 aromatic heterocycles. The van der Waals surface area contributed by atoms with Gasteiger partial charge in [-0.2, -0.15) is 4.37 Å². The molecule has 0 radical (unpaired) electrons. The highest BCUT2D eigenvalue weighted by Crippen LogP contribution is 2.34. The summed E-state index contributed by atoms with van der Waals surface area (Å²) < 4.78 is 53.2. The Bertz CT molecular complexity index is 1570. The van der Waals surface area contributed by atoms with Crippen molar-refractivity contribution in [1.29, 1.82) is 0 Å². The minimum atomic E-state index is -4.30. The van der Waals surface area contributed by atoms with Gasteiger partial charge in [0.15, 0.2) is 5.58 Å². The van der Waals surface area contributed by atoms with E-state index < -0.39 is 32.5 Å². The molecule has 0 aliphatic heterocycles. The summed E-state index contributed by atoms with van der Waals surface area (Å²) in [7, 11) is -4.30. The highest BCUT2D eigenvalue weighted by Gasteiger charge is 2.26. The number of hydrogen-bond acceptors (Lipinski definition) is 7. The summed E-state index contributed by atoms with van der Waals surface area (Å²) in [5, 5.41) is 0.00145. The zero-order valence-electron chi connectivity index (χ0n) is 18.9. The molecule has 2 heterocycles. The largest absolute Gasteiger partial charge is 0.420 e. The number of hydrogen-bond donors (Lipinski definition) is 1. The lowest BCUT2D eigenvalue weighted by Gasteiger charge is -2.19. The Morgan fingerprint density at radius 1 is 1.20 bits per heavy atom. The van der Waals surface area contributed by atoms with Crippen LogP contribution in [-0.4, -0.2) is 22.3 Å². The average Bonchev–Trinajstić information content (AvgIpc) is 3.34.